The summed E-state index contributed by atoms with van der Waals surface area (Å²) in [6.07, 6.45) is 3.53. The van der Waals surface area contributed by atoms with Gasteiger partial charge in [-0.05, 0) is 19.1 Å². The lowest BCUT2D eigenvalue weighted by molar-refractivity contribution is 0.457. The number of hydrogen-bond donors (Lipinski definition) is 1. The first kappa shape index (κ1) is 12.6. The molecule has 2 aromatic heterocycles. The summed E-state index contributed by atoms with van der Waals surface area (Å²) in [5, 5.41) is 5.24. The second-order valence-corrected chi connectivity index (χ2v) is 4.48. The van der Waals surface area contributed by atoms with Crippen molar-refractivity contribution in [3.05, 3.63) is 48.3 Å². The fraction of sp³-hybridized carbons (Fsp3) is 0.200. The Balaban J connectivity index is 2.00. The summed E-state index contributed by atoms with van der Waals surface area (Å²) in [5.74, 6) is 1.21. The third-order valence-electron chi connectivity index (χ3n) is 3.13. The molecule has 0 atom stereocenters. The minimum absolute atomic E-state index is 0.384. The molecule has 2 N–H and O–H groups in total. The molecule has 0 amide bonds. The van der Waals surface area contributed by atoms with Crippen LogP contribution in [0.5, 0.6) is 11.6 Å². The van der Waals surface area contributed by atoms with Gasteiger partial charge in [0.2, 0.25) is 5.88 Å². The molecule has 0 fully saturated rings. The molecule has 0 saturated carbocycles. The maximum Gasteiger partial charge on any atom is 0.224 e. The Morgan fingerprint density at radius 3 is 2.90 bits per heavy atom. The summed E-state index contributed by atoms with van der Waals surface area (Å²) in [6.45, 7) is 3.21. The molecule has 0 unspecified atom stereocenters. The number of rotatable bonds is 4. The Labute approximate surface area is 117 Å². The van der Waals surface area contributed by atoms with Gasteiger partial charge in [-0.15, -0.1) is 0 Å². The number of benzene rings is 1. The number of hydrogen-bond acceptors (Lipinski definition) is 4. The monoisotopic (exact) mass is 268 g/mol. The van der Waals surface area contributed by atoms with E-state index < -0.39 is 0 Å². The fourth-order valence-corrected chi connectivity index (χ4v) is 2.06. The Morgan fingerprint density at radius 1 is 1.30 bits per heavy atom. The first-order chi connectivity index (χ1) is 9.80. The first-order valence-corrected chi connectivity index (χ1v) is 6.59. The highest BCUT2D eigenvalue weighted by Crippen LogP contribution is 2.26. The molecule has 2 heterocycles. The largest absolute Gasteiger partial charge is 0.435 e. The molecule has 102 valence electrons. The molecular weight excluding hydrogens is 252 g/mol. The number of fused-ring (bicyclic) bond motifs is 1. The van der Waals surface area contributed by atoms with E-state index in [0.717, 1.165) is 23.0 Å². The molecule has 1 aromatic carbocycles. The molecule has 0 aliphatic carbocycles. The molecule has 0 bridgehead atoms. The van der Waals surface area contributed by atoms with Crippen LogP contribution in [0, 0.1) is 0 Å². The summed E-state index contributed by atoms with van der Waals surface area (Å²) in [5.41, 5.74) is 7.56. The summed E-state index contributed by atoms with van der Waals surface area (Å²) in [4.78, 5) is 4.54. The zero-order valence-corrected chi connectivity index (χ0v) is 11.3. The Bertz CT molecular complexity index is 736. The summed E-state index contributed by atoms with van der Waals surface area (Å²) in [6, 6.07) is 9.92. The van der Waals surface area contributed by atoms with Gasteiger partial charge < -0.3 is 10.5 Å². The van der Waals surface area contributed by atoms with E-state index >= 15 is 0 Å². The molecule has 0 spiro atoms. The molecule has 0 aliphatic rings. The molecule has 3 rings (SSSR count). The summed E-state index contributed by atoms with van der Waals surface area (Å²) in [7, 11) is 0. The molecule has 0 aliphatic heterocycles. The van der Waals surface area contributed by atoms with Gasteiger partial charge in [0.05, 0.1) is 17.9 Å². The van der Waals surface area contributed by atoms with Crippen LogP contribution in [0.25, 0.3) is 10.9 Å². The Morgan fingerprint density at radius 2 is 2.15 bits per heavy atom. The van der Waals surface area contributed by atoms with Crippen molar-refractivity contribution in [3.8, 4) is 11.6 Å². The number of ether oxygens (including phenoxy) is 1. The van der Waals surface area contributed by atoms with E-state index in [1.807, 2.05) is 43.5 Å². The molecule has 5 heteroatoms. The second-order valence-electron chi connectivity index (χ2n) is 4.48. The van der Waals surface area contributed by atoms with Crippen LogP contribution in [0.3, 0.4) is 0 Å². The van der Waals surface area contributed by atoms with Crippen molar-refractivity contribution in [1.29, 1.82) is 0 Å². The minimum atomic E-state index is 0.384. The normalized spacial score (nSPS) is 10.9. The number of nitrogens with two attached hydrogens (primary N) is 1. The third-order valence-corrected chi connectivity index (χ3v) is 3.13. The van der Waals surface area contributed by atoms with Crippen molar-refractivity contribution in [2.45, 2.75) is 20.0 Å². The van der Waals surface area contributed by atoms with Gasteiger partial charge in [-0.2, -0.15) is 5.10 Å². The summed E-state index contributed by atoms with van der Waals surface area (Å²) < 4.78 is 7.62. The number of nitrogens with zero attached hydrogens (tertiary/aromatic N) is 3. The second kappa shape index (κ2) is 5.30. The quantitative estimate of drug-likeness (QED) is 0.790. The van der Waals surface area contributed by atoms with Gasteiger partial charge in [0.15, 0.2) is 5.75 Å². The van der Waals surface area contributed by atoms with Crippen LogP contribution in [-0.2, 0) is 13.1 Å². The van der Waals surface area contributed by atoms with Crippen LogP contribution in [0.15, 0.2) is 42.7 Å². The first-order valence-electron chi connectivity index (χ1n) is 6.59. The molecule has 3 aromatic rings. The number of pyridine rings is 1. The van der Waals surface area contributed by atoms with Crippen molar-refractivity contribution < 1.29 is 4.74 Å². The van der Waals surface area contributed by atoms with Crippen molar-refractivity contribution >= 4 is 10.9 Å². The van der Waals surface area contributed by atoms with Crippen LogP contribution < -0.4 is 10.5 Å². The van der Waals surface area contributed by atoms with E-state index in [0.29, 0.717) is 18.2 Å². The van der Waals surface area contributed by atoms with Gasteiger partial charge in [0.1, 0.15) is 0 Å². The van der Waals surface area contributed by atoms with Gasteiger partial charge in [-0.1, -0.05) is 18.2 Å². The van der Waals surface area contributed by atoms with E-state index in [4.69, 9.17) is 10.5 Å². The average molecular weight is 268 g/mol. The van der Waals surface area contributed by atoms with Gasteiger partial charge in [-0.25, -0.2) is 4.98 Å². The zero-order chi connectivity index (χ0) is 13.9. The number of para-hydroxylation sites is 1. The predicted molar refractivity (Wildman–Crippen MR) is 77.6 cm³/mol. The number of aromatic nitrogens is 3. The Hall–Kier alpha value is -2.40. The molecular formula is C15H16N4O. The Kier molecular flexibility index (Phi) is 3.35. The van der Waals surface area contributed by atoms with Crippen LogP contribution in [0.1, 0.15) is 12.5 Å². The van der Waals surface area contributed by atoms with Crippen molar-refractivity contribution in [2.75, 3.05) is 0 Å². The molecule has 0 saturated heterocycles. The predicted octanol–water partition coefficient (Wildman–Crippen LogP) is 2.70. The standard InChI is InChI=1S/C15H16N4O/c1-2-19-10-13(9-17-19)20-15-12(8-16)7-11-5-3-4-6-14(11)18-15/h3-7,9-10H,2,8,16H2,1H3. The van der Waals surface area contributed by atoms with Crippen molar-refractivity contribution in [3.63, 3.8) is 0 Å². The highest BCUT2D eigenvalue weighted by molar-refractivity contribution is 5.80. The van der Waals surface area contributed by atoms with Crippen LogP contribution >= 0.6 is 0 Å². The highest BCUT2D eigenvalue weighted by atomic mass is 16.5. The van der Waals surface area contributed by atoms with Crippen LogP contribution in [-0.4, -0.2) is 14.8 Å². The van der Waals surface area contributed by atoms with Gasteiger partial charge in [0, 0.05) is 24.0 Å². The van der Waals surface area contributed by atoms with Crippen molar-refractivity contribution in [2.24, 2.45) is 5.73 Å². The van der Waals surface area contributed by atoms with E-state index in [9.17, 15) is 0 Å². The maximum atomic E-state index is 5.82. The topological polar surface area (TPSA) is 66.0 Å². The molecule has 20 heavy (non-hydrogen) atoms. The summed E-state index contributed by atoms with van der Waals surface area (Å²) >= 11 is 0. The lowest BCUT2D eigenvalue weighted by atomic mass is 10.1. The van der Waals surface area contributed by atoms with Crippen LogP contribution in [0.4, 0.5) is 0 Å². The van der Waals surface area contributed by atoms with Crippen LogP contribution in [0.2, 0.25) is 0 Å². The highest BCUT2D eigenvalue weighted by Gasteiger charge is 2.09. The lowest BCUT2D eigenvalue weighted by Gasteiger charge is -2.09. The van der Waals surface area contributed by atoms with Gasteiger partial charge in [0.25, 0.3) is 0 Å². The fourth-order valence-electron chi connectivity index (χ4n) is 2.06. The van der Waals surface area contributed by atoms with Gasteiger partial charge in [-0.3, -0.25) is 4.68 Å². The maximum absolute atomic E-state index is 5.82. The minimum Gasteiger partial charge on any atom is -0.435 e. The van der Waals surface area contributed by atoms with E-state index in [1.165, 1.54) is 0 Å². The lowest BCUT2D eigenvalue weighted by Crippen LogP contribution is -2.01. The van der Waals surface area contributed by atoms with E-state index in [1.54, 1.807) is 10.9 Å². The van der Waals surface area contributed by atoms with Gasteiger partial charge >= 0.3 is 0 Å². The third kappa shape index (κ3) is 2.35. The molecule has 5 nitrogen and oxygen atoms in total. The molecule has 0 radical (unpaired) electrons. The van der Waals surface area contributed by atoms with Crippen molar-refractivity contribution in [1.82, 2.24) is 14.8 Å². The zero-order valence-electron chi connectivity index (χ0n) is 11.3. The SMILES string of the molecule is CCn1cc(Oc2nc3ccccc3cc2CN)cn1. The van der Waals surface area contributed by atoms with E-state index in [-0.39, 0.29) is 0 Å². The average Bonchev–Trinajstić information content (AvgIpc) is 2.94. The smallest absolute Gasteiger partial charge is 0.224 e. The number of aryl methyl sites for hydroxylation is 1. The van der Waals surface area contributed by atoms with E-state index in [2.05, 4.69) is 10.1 Å².